The molecule has 0 saturated carbocycles. The molecular weight excluding hydrogens is 302 g/mol. The molecule has 2 aromatic rings. The SMILES string of the molecule is O=C(Cc1cncc(O)c1)N1CCCC1c1ccc(F)cc1F. The van der Waals surface area contributed by atoms with Crippen LogP contribution in [0.1, 0.15) is 30.0 Å². The van der Waals surface area contributed by atoms with Crippen LogP contribution in [0.5, 0.6) is 5.75 Å². The molecule has 1 aromatic carbocycles. The lowest BCUT2D eigenvalue weighted by atomic mass is 10.0. The molecule has 6 heteroatoms. The van der Waals surface area contributed by atoms with Crippen molar-refractivity contribution in [1.82, 2.24) is 9.88 Å². The zero-order valence-corrected chi connectivity index (χ0v) is 12.4. The number of rotatable bonds is 3. The fourth-order valence-corrected chi connectivity index (χ4v) is 3.01. The Labute approximate surface area is 132 Å². The van der Waals surface area contributed by atoms with E-state index in [0.717, 1.165) is 12.5 Å². The molecule has 0 bridgehead atoms. The van der Waals surface area contributed by atoms with Crippen molar-refractivity contribution in [2.75, 3.05) is 6.54 Å². The molecule has 1 saturated heterocycles. The van der Waals surface area contributed by atoms with Crippen molar-refractivity contribution in [2.45, 2.75) is 25.3 Å². The third-order valence-electron chi connectivity index (χ3n) is 4.03. The van der Waals surface area contributed by atoms with Crippen molar-refractivity contribution in [3.05, 3.63) is 59.4 Å². The van der Waals surface area contributed by atoms with Crippen LogP contribution in [0.4, 0.5) is 8.78 Å². The van der Waals surface area contributed by atoms with Crippen LogP contribution in [0.2, 0.25) is 0 Å². The predicted molar refractivity (Wildman–Crippen MR) is 79.7 cm³/mol. The van der Waals surface area contributed by atoms with Crippen molar-refractivity contribution in [2.24, 2.45) is 0 Å². The van der Waals surface area contributed by atoms with E-state index in [1.54, 1.807) is 4.90 Å². The average molecular weight is 318 g/mol. The number of aromatic nitrogens is 1. The van der Waals surface area contributed by atoms with Crippen LogP contribution in [0, 0.1) is 11.6 Å². The van der Waals surface area contributed by atoms with Crippen LogP contribution in [0.15, 0.2) is 36.7 Å². The average Bonchev–Trinajstić information content (AvgIpc) is 2.96. The number of amides is 1. The summed E-state index contributed by atoms with van der Waals surface area (Å²) in [6.45, 7) is 0.534. The van der Waals surface area contributed by atoms with E-state index in [0.29, 0.717) is 24.1 Å². The molecule has 1 fully saturated rings. The minimum Gasteiger partial charge on any atom is -0.506 e. The van der Waals surface area contributed by atoms with E-state index in [1.165, 1.54) is 30.6 Å². The molecule has 4 nitrogen and oxygen atoms in total. The van der Waals surface area contributed by atoms with Gasteiger partial charge in [-0.05, 0) is 30.5 Å². The highest BCUT2D eigenvalue weighted by Crippen LogP contribution is 2.34. The van der Waals surface area contributed by atoms with Gasteiger partial charge in [0.05, 0.1) is 18.7 Å². The van der Waals surface area contributed by atoms with Gasteiger partial charge in [0.1, 0.15) is 17.4 Å². The number of benzene rings is 1. The fourth-order valence-electron chi connectivity index (χ4n) is 3.01. The second-order valence-corrected chi connectivity index (χ2v) is 5.64. The molecule has 1 N–H and O–H groups in total. The number of likely N-dealkylation sites (tertiary alicyclic amines) is 1. The molecule has 1 aliphatic heterocycles. The molecule has 120 valence electrons. The molecule has 1 aromatic heterocycles. The Hall–Kier alpha value is -2.50. The van der Waals surface area contributed by atoms with Crippen LogP contribution in [-0.2, 0) is 11.2 Å². The Morgan fingerprint density at radius 1 is 1.30 bits per heavy atom. The maximum atomic E-state index is 14.0. The maximum Gasteiger partial charge on any atom is 0.227 e. The van der Waals surface area contributed by atoms with Crippen molar-refractivity contribution < 1.29 is 18.7 Å². The highest BCUT2D eigenvalue weighted by Gasteiger charge is 2.31. The fraction of sp³-hybridized carbons (Fsp3) is 0.294. The van der Waals surface area contributed by atoms with Crippen LogP contribution in [0.25, 0.3) is 0 Å². The van der Waals surface area contributed by atoms with Gasteiger partial charge in [0.15, 0.2) is 0 Å². The number of nitrogens with zero attached hydrogens (tertiary/aromatic N) is 2. The quantitative estimate of drug-likeness (QED) is 0.946. The lowest BCUT2D eigenvalue weighted by Crippen LogP contribution is -2.32. The van der Waals surface area contributed by atoms with Crippen molar-refractivity contribution in [1.29, 1.82) is 0 Å². The summed E-state index contributed by atoms with van der Waals surface area (Å²) in [5.41, 5.74) is 0.937. The highest BCUT2D eigenvalue weighted by atomic mass is 19.1. The Bertz CT molecular complexity index is 736. The first kappa shape index (κ1) is 15.4. The molecule has 1 unspecified atom stereocenters. The summed E-state index contributed by atoms with van der Waals surface area (Å²) in [4.78, 5) is 18.0. The van der Waals surface area contributed by atoms with Crippen LogP contribution in [-0.4, -0.2) is 27.4 Å². The van der Waals surface area contributed by atoms with Gasteiger partial charge in [-0.15, -0.1) is 0 Å². The summed E-state index contributed by atoms with van der Waals surface area (Å²) >= 11 is 0. The molecular formula is C17H16F2N2O2. The van der Waals surface area contributed by atoms with Gasteiger partial charge >= 0.3 is 0 Å². The minimum atomic E-state index is -0.632. The van der Waals surface area contributed by atoms with Gasteiger partial charge < -0.3 is 10.0 Å². The lowest BCUT2D eigenvalue weighted by molar-refractivity contribution is -0.131. The molecule has 1 aliphatic rings. The van der Waals surface area contributed by atoms with E-state index in [2.05, 4.69) is 4.98 Å². The van der Waals surface area contributed by atoms with Gasteiger partial charge in [-0.1, -0.05) is 6.07 Å². The number of halogens is 2. The standard InChI is InChI=1S/C17H16F2N2O2/c18-12-3-4-14(15(19)8-12)16-2-1-5-21(16)17(23)7-11-6-13(22)10-20-9-11/h3-4,6,8-10,16,22H,1-2,5,7H2. The normalized spacial score (nSPS) is 17.5. The first-order valence-corrected chi connectivity index (χ1v) is 7.42. The third-order valence-corrected chi connectivity index (χ3v) is 4.03. The number of carbonyl (C=O) groups excluding carboxylic acids is 1. The van der Waals surface area contributed by atoms with Crippen LogP contribution in [0.3, 0.4) is 0 Å². The van der Waals surface area contributed by atoms with Gasteiger partial charge in [0.25, 0.3) is 0 Å². The largest absolute Gasteiger partial charge is 0.506 e. The molecule has 2 heterocycles. The summed E-state index contributed by atoms with van der Waals surface area (Å²) in [5.74, 6) is -1.43. The number of carbonyl (C=O) groups is 1. The summed E-state index contributed by atoms with van der Waals surface area (Å²) in [5, 5.41) is 9.41. The lowest BCUT2D eigenvalue weighted by Gasteiger charge is -2.25. The van der Waals surface area contributed by atoms with E-state index < -0.39 is 11.6 Å². The number of hydrogen-bond acceptors (Lipinski definition) is 3. The maximum absolute atomic E-state index is 14.0. The summed E-state index contributed by atoms with van der Waals surface area (Å²) in [6.07, 6.45) is 4.31. The van der Waals surface area contributed by atoms with Crippen LogP contribution < -0.4 is 0 Å². The molecule has 1 atom stereocenters. The predicted octanol–water partition coefficient (Wildman–Crippen LogP) is 2.97. The Morgan fingerprint density at radius 3 is 2.87 bits per heavy atom. The smallest absolute Gasteiger partial charge is 0.227 e. The highest BCUT2D eigenvalue weighted by molar-refractivity contribution is 5.79. The van der Waals surface area contributed by atoms with E-state index in [9.17, 15) is 18.7 Å². The van der Waals surface area contributed by atoms with E-state index in [-0.39, 0.29) is 24.1 Å². The van der Waals surface area contributed by atoms with E-state index in [1.807, 2.05) is 0 Å². The van der Waals surface area contributed by atoms with Crippen molar-refractivity contribution in [3.8, 4) is 5.75 Å². The van der Waals surface area contributed by atoms with Gasteiger partial charge in [0, 0.05) is 24.4 Å². The zero-order valence-electron chi connectivity index (χ0n) is 12.4. The molecule has 0 aliphatic carbocycles. The molecule has 1 amide bonds. The second kappa shape index (κ2) is 6.32. The summed E-state index contributed by atoms with van der Waals surface area (Å²) in [7, 11) is 0. The second-order valence-electron chi connectivity index (χ2n) is 5.64. The Balaban J connectivity index is 1.79. The molecule has 3 rings (SSSR count). The topological polar surface area (TPSA) is 53.4 Å². The van der Waals surface area contributed by atoms with Crippen molar-refractivity contribution >= 4 is 5.91 Å². The molecule has 0 spiro atoms. The minimum absolute atomic E-state index is 0.00199. The van der Waals surface area contributed by atoms with Crippen molar-refractivity contribution in [3.63, 3.8) is 0 Å². The first-order valence-electron chi connectivity index (χ1n) is 7.42. The van der Waals surface area contributed by atoms with Gasteiger partial charge in [0.2, 0.25) is 5.91 Å². The van der Waals surface area contributed by atoms with Gasteiger partial charge in [-0.2, -0.15) is 0 Å². The number of hydrogen-bond donors (Lipinski definition) is 1. The van der Waals surface area contributed by atoms with Crippen LogP contribution >= 0.6 is 0 Å². The Kier molecular flexibility index (Phi) is 4.23. The molecule has 23 heavy (non-hydrogen) atoms. The molecule has 0 radical (unpaired) electrons. The van der Waals surface area contributed by atoms with E-state index >= 15 is 0 Å². The Morgan fingerprint density at radius 2 is 2.13 bits per heavy atom. The first-order chi connectivity index (χ1) is 11.0. The van der Waals surface area contributed by atoms with Gasteiger partial charge in [-0.25, -0.2) is 8.78 Å². The summed E-state index contributed by atoms with van der Waals surface area (Å²) in [6, 6.07) is 4.55. The van der Waals surface area contributed by atoms with E-state index in [4.69, 9.17) is 0 Å². The summed E-state index contributed by atoms with van der Waals surface area (Å²) < 4.78 is 27.1. The van der Waals surface area contributed by atoms with Gasteiger partial charge in [-0.3, -0.25) is 9.78 Å². The third kappa shape index (κ3) is 3.31. The monoisotopic (exact) mass is 318 g/mol. The zero-order chi connectivity index (χ0) is 16.4. The number of aromatic hydroxyl groups is 1. The number of pyridine rings is 1.